The number of carboxylic acid groups (broad SMARTS) is 1. The number of carbonyl (C=O) groups is 1. The number of carboxylic acids is 1. The molecule has 5 nitrogen and oxygen atoms in total. The molecule has 1 aromatic rings. The molecule has 1 atom stereocenters. The maximum absolute atomic E-state index is 12.1. The van der Waals surface area contributed by atoms with Crippen LogP contribution in [0.25, 0.3) is 0 Å². The van der Waals surface area contributed by atoms with Crippen LogP contribution in [0.3, 0.4) is 0 Å². The van der Waals surface area contributed by atoms with Crippen molar-refractivity contribution in [1.29, 1.82) is 0 Å². The lowest BCUT2D eigenvalue weighted by atomic mass is 9.89. The lowest BCUT2D eigenvalue weighted by molar-refractivity contribution is -0.139. The normalized spacial score (nSPS) is 14.0. The summed E-state index contributed by atoms with van der Waals surface area (Å²) in [6.07, 6.45) is 0. The molecule has 0 saturated heterocycles. The minimum Gasteiger partial charge on any atom is -0.481 e. The van der Waals surface area contributed by atoms with E-state index >= 15 is 0 Å². The van der Waals surface area contributed by atoms with Crippen molar-refractivity contribution in [1.82, 2.24) is 0 Å². The minimum absolute atomic E-state index is 0.242. The molecule has 0 amide bonds. The van der Waals surface area contributed by atoms with E-state index in [0.29, 0.717) is 5.56 Å². The second kappa shape index (κ2) is 5.92. The van der Waals surface area contributed by atoms with Gasteiger partial charge in [-0.1, -0.05) is 26.0 Å². The Labute approximate surface area is 119 Å². The Morgan fingerprint density at radius 3 is 2.00 bits per heavy atom. The summed E-state index contributed by atoms with van der Waals surface area (Å²) in [4.78, 5) is 11.1. The number of hydrogen-bond donors (Lipinski definition) is 1. The van der Waals surface area contributed by atoms with Gasteiger partial charge in [0, 0.05) is 0 Å². The smallest absolute Gasteiger partial charge is 0.481 e. The number of benzene rings is 1. The van der Waals surface area contributed by atoms with Crippen molar-refractivity contribution in [3.63, 3.8) is 0 Å². The van der Waals surface area contributed by atoms with Crippen LogP contribution in [0.2, 0.25) is 0 Å². The third-order valence-electron chi connectivity index (χ3n) is 2.66. The molecule has 0 bridgehead atoms. The summed E-state index contributed by atoms with van der Waals surface area (Å²) in [5.74, 6) is -2.71. The van der Waals surface area contributed by atoms with E-state index in [0.717, 1.165) is 12.1 Å². The molecule has 9 heteroatoms. The first-order valence-corrected chi connectivity index (χ1v) is 7.20. The predicted octanol–water partition coefficient (Wildman–Crippen LogP) is 2.74. The van der Waals surface area contributed by atoms with Gasteiger partial charge in [0.25, 0.3) is 0 Å². The number of halogens is 3. The van der Waals surface area contributed by atoms with Crippen molar-refractivity contribution < 1.29 is 35.7 Å². The van der Waals surface area contributed by atoms with Crippen molar-refractivity contribution in [3.05, 3.63) is 29.8 Å². The summed E-state index contributed by atoms with van der Waals surface area (Å²) in [7, 11) is -5.73. The van der Waals surface area contributed by atoms with Crippen LogP contribution in [0.5, 0.6) is 5.75 Å². The Hall–Kier alpha value is -1.77. The molecule has 0 aliphatic carbocycles. The summed E-state index contributed by atoms with van der Waals surface area (Å²) in [5, 5.41) is 9.08. The van der Waals surface area contributed by atoms with Gasteiger partial charge in [-0.25, -0.2) is 0 Å². The fourth-order valence-corrected chi connectivity index (χ4v) is 2.18. The monoisotopic (exact) mass is 326 g/mol. The molecule has 1 aromatic carbocycles. The number of rotatable bonds is 5. The Morgan fingerprint density at radius 1 is 1.19 bits per heavy atom. The van der Waals surface area contributed by atoms with E-state index in [1.54, 1.807) is 13.8 Å². The second-order valence-corrected chi connectivity index (χ2v) is 6.15. The Kier molecular flexibility index (Phi) is 4.87. The van der Waals surface area contributed by atoms with Gasteiger partial charge in [-0.15, -0.1) is 0 Å². The molecule has 0 radical (unpaired) electrons. The van der Waals surface area contributed by atoms with Crippen LogP contribution in [0.1, 0.15) is 25.3 Å². The van der Waals surface area contributed by atoms with Gasteiger partial charge < -0.3 is 9.29 Å². The Balaban J connectivity index is 3.01. The van der Waals surface area contributed by atoms with Gasteiger partial charge in [0.15, 0.2) is 0 Å². The molecular formula is C12H13F3O5S. The molecule has 1 unspecified atom stereocenters. The highest BCUT2D eigenvalue weighted by atomic mass is 32.2. The van der Waals surface area contributed by atoms with E-state index in [1.165, 1.54) is 12.1 Å². The first-order chi connectivity index (χ1) is 9.45. The molecule has 0 fully saturated rings. The highest BCUT2D eigenvalue weighted by Gasteiger charge is 2.48. The van der Waals surface area contributed by atoms with Gasteiger partial charge >= 0.3 is 21.6 Å². The van der Waals surface area contributed by atoms with Gasteiger partial charge in [0.2, 0.25) is 0 Å². The molecule has 21 heavy (non-hydrogen) atoms. The fourth-order valence-electron chi connectivity index (χ4n) is 1.72. The van der Waals surface area contributed by atoms with Gasteiger partial charge in [-0.05, 0) is 23.6 Å². The lowest BCUT2D eigenvalue weighted by Gasteiger charge is -2.17. The van der Waals surface area contributed by atoms with Crippen molar-refractivity contribution in [2.75, 3.05) is 0 Å². The molecular weight excluding hydrogens is 313 g/mol. The van der Waals surface area contributed by atoms with Gasteiger partial charge in [0.1, 0.15) is 5.75 Å². The van der Waals surface area contributed by atoms with Gasteiger partial charge in [-0.3, -0.25) is 4.79 Å². The van der Waals surface area contributed by atoms with Crippen molar-refractivity contribution >= 4 is 16.1 Å². The highest BCUT2D eigenvalue weighted by molar-refractivity contribution is 7.87. The van der Waals surface area contributed by atoms with Crippen LogP contribution in [0.15, 0.2) is 24.3 Å². The third-order valence-corrected chi connectivity index (χ3v) is 3.64. The quantitative estimate of drug-likeness (QED) is 0.665. The van der Waals surface area contributed by atoms with Crippen molar-refractivity contribution in [3.8, 4) is 5.75 Å². The molecule has 118 valence electrons. The van der Waals surface area contributed by atoms with Crippen molar-refractivity contribution in [2.24, 2.45) is 5.92 Å². The molecule has 0 heterocycles. The predicted molar refractivity (Wildman–Crippen MR) is 67.3 cm³/mol. The van der Waals surface area contributed by atoms with Crippen LogP contribution in [0, 0.1) is 5.92 Å². The van der Waals surface area contributed by atoms with Crippen LogP contribution in [-0.2, 0) is 14.9 Å². The Bertz CT molecular complexity index is 605. The lowest BCUT2D eigenvalue weighted by Crippen LogP contribution is -2.28. The average molecular weight is 326 g/mol. The summed E-state index contributed by atoms with van der Waals surface area (Å²) in [5.41, 5.74) is -5.18. The fraction of sp³-hybridized carbons (Fsp3) is 0.417. The van der Waals surface area contributed by atoms with E-state index in [9.17, 15) is 26.4 Å². The second-order valence-electron chi connectivity index (χ2n) is 4.61. The number of aliphatic carboxylic acids is 1. The molecule has 0 saturated carbocycles. The topological polar surface area (TPSA) is 80.7 Å². The minimum atomic E-state index is -5.73. The summed E-state index contributed by atoms with van der Waals surface area (Å²) in [6.45, 7) is 3.36. The van der Waals surface area contributed by atoms with Crippen molar-refractivity contribution in [2.45, 2.75) is 25.3 Å². The first-order valence-electron chi connectivity index (χ1n) is 5.79. The van der Waals surface area contributed by atoms with Gasteiger partial charge in [0.05, 0.1) is 5.92 Å². The highest BCUT2D eigenvalue weighted by Crippen LogP contribution is 2.29. The molecule has 0 aromatic heterocycles. The molecule has 0 aliphatic rings. The summed E-state index contributed by atoms with van der Waals surface area (Å²) < 4.78 is 62.0. The van der Waals surface area contributed by atoms with Crippen LogP contribution in [0.4, 0.5) is 13.2 Å². The van der Waals surface area contributed by atoms with Crippen LogP contribution in [-0.4, -0.2) is 25.0 Å². The van der Waals surface area contributed by atoms with E-state index in [1.807, 2.05) is 0 Å². The SMILES string of the molecule is CC(C)C(C(=O)O)c1ccc(OS(=O)(=O)C(F)(F)F)cc1. The average Bonchev–Trinajstić information content (AvgIpc) is 2.28. The summed E-state index contributed by atoms with van der Waals surface area (Å²) >= 11 is 0. The zero-order valence-corrected chi connectivity index (χ0v) is 11.9. The maximum Gasteiger partial charge on any atom is 0.534 e. The largest absolute Gasteiger partial charge is 0.534 e. The Morgan fingerprint density at radius 2 is 1.67 bits per heavy atom. The molecule has 1 N–H and O–H groups in total. The molecule has 0 spiro atoms. The molecule has 0 aliphatic heterocycles. The maximum atomic E-state index is 12.1. The van der Waals surface area contributed by atoms with Crippen LogP contribution < -0.4 is 4.18 Å². The van der Waals surface area contributed by atoms with Crippen LogP contribution >= 0.6 is 0 Å². The van der Waals surface area contributed by atoms with E-state index < -0.39 is 33.3 Å². The van der Waals surface area contributed by atoms with Gasteiger partial charge in [-0.2, -0.15) is 21.6 Å². The first kappa shape index (κ1) is 17.3. The summed E-state index contributed by atoms with van der Waals surface area (Å²) in [6, 6.07) is 4.41. The third kappa shape index (κ3) is 4.10. The zero-order chi connectivity index (χ0) is 16.4. The zero-order valence-electron chi connectivity index (χ0n) is 11.1. The number of alkyl halides is 3. The van der Waals surface area contributed by atoms with E-state index in [-0.39, 0.29) is 5.92 Å². The standard InChI is InChI=1S/C12H13F3O5S/c1-7(2)10(11(16)17)8-3-5-9(6-4-8)20-21(18,19)12(13,14)15/h3-7,10H,1-2H3,(H,16,17). The van der Waals surface area contributed by atoms with E-state index in [4.69, 9.17) is 5.11 Å². The number of hydrogen-bond acceptors (Lipinski definition) is 4. The van der Waals surface area contributed by atoms with E-state index in [2.05, 4.69) is 4.18 Å². The molecule has 1 rings (SSSR count).